The predicted molar refractivity (Wildman–Crippen MR) is 33.9 cm³/mol. The van der Waals surface area contributed by atoms with Gasteiger partial charge in [-0.1, -0.05) is 0 Å². The van der Waals surface area contributed by atoms with E-state index in [1.54, 1.807) is 0 Å². The van der Waals surface area contributed by atoms with Crippen LogP contribution in [0.15, 0.2) is 12.7 Å². The fraction of sp³-hybridized carbons (Fsp3) is 0.600. The van der Waals surface area contributed by atoms with Crippen molar-refractivity contribution in [3.8, 4) is 0 Å². The molecule has 6 heavy (non-hydrogen) atoms. The molecule has 0 aromatic rings. The molecular weight excluding hydrogens is 179 g/mol. The van der Waals surface area contributed by atoms with Gasteiger partial charge in [-0.05, 0) is 0 Å². The first-order chi connectivity index (χ1) is 2.77. The molecule has 0 amide bonds. The zero-order valence-electron chi connectivity index (χ0n) is 4.57. The Bertz CT molecular complexity index is 39.2. The Balaban J connectivity index is 2.81. The first kappa shape index (κ1) is 6.54. The second-order valence-electron chi connectivity index (χ2n) is 1.92. The second kappa shape index (κ2) is 3.72. The van der Waals surface area contributed by atoms with Crippen molar-refractivity contribution in [2.75, 3.05) is 0 Å². The molecular formula is C5H12Sn. The summed E-state index contributed by atoms with van der Waals surface area (Å²) in [5, 5.41) is 0. The SMILES string of the molecule is C=C[CH2][SnH]([CH3])[CH3]. The molecule has 0 aliphatic carbocycles. The van der Waals surface area contributed by atoms with Gasteiger partial charge in [0, 0.05) is 0 Å². The summed E-state index contributed by atoms with van der Waals surface area (Å²) in [7, 11) is 0. The molecule has 0 N–H and O–H groups in total. The third-order valence-electron chi connectivity index (χ3n) is 0.638. The van der Waals surface area contributed by atoms with Crippen molar-refractivity contribution >= 4 is 19.8 Å². The number of hydrogen-bond donors (Lipinski definition) is 0. The Kier molecular flexibility index (Phi) is 4.05. The zero-order valence-corrected chi connectivity index (χ0v) is 7.86. The Hall–Kier alpha value is 0.539. The van der Waals surface area contributed by atoms with Crippen LogP contribution in [0.3, 0.4) is 0 Å². The second-order valence-corrected chi connectivity index (χ2v) is 11.2. The van der Waals surface area contributed by atoms with Crippen LogP contribution in [0.1, 0.15) is 0 Å². The van der Waals surface area contributed by atoms with Gasteiger partial charge in [0.15, 0.2) is 0 Å². The van der Waals surface area contributed by atoms with Crippen LogP contribution in [-0.2, 0) is 0 Å². The summed E-state index contributed by atoms with van der Waals surface area (Å²) in [5.41, 5.74) is 0. The molecule has 0 aliphatic rings. The van der Waals surface area contributed by atoms with E-state index in [4.69, 9.17) is 0 Å². The summed E-state index contributed by atoms with van der Waals surface area (Å²) in [6.45, 7) is 3.65. The van der Waals surface area contributed by atoms with Gasteiger partial charge in [0.25, 0.3) is 0 Å². The topological polar surface area (TPSA) is 0 Å². The monoisotopic (exact) mass is 192 g/mol. The van der Waals surface area contributed by atoms with Gasteiger partial charge in [-0.25, -0.2) is 0 Å². The van der Waals surface area contributed by atoms with E-state index in [9.17, 15) is 0 Å². The van der Waals surface area contributed by atoms with Crippen molar-refractivity contribution in [3.63, 3.8) is 0 Å². The molecule has 0 aliphatic heterocycles. The van der Waals surface area contributed by atoms with Gasteiger partial charge in [0.2, 0.25) is 0 Å². The molecule has 0 unspecified atom stereocenters. The minimum atomic E-state index is -0.836. The van der Waals surface area contributed by atoms with Crippen LogP contribution < -0.4 is 0 Å². The van der Waals surface area contributed by atoms with Crippen LogP contribution >= 0.6 is 0 Å². The molecule has 0 rings (SSSR count). The van der Waals surface area contributed by atoms with Gasteiger partial charge in [0.05, 0.1) is 0 Å². The van der Waals surface area contributed by atoms with Crippen LogP contribution in [0.2, 0.25) is 14.3 Å². The van der Waals surface area contributed by atoms with Crippen LogP contribution in [0.25, 0.3) is 0 Å². The van der Waals surface area contributed by atoms with Crippen LogP contribution in [0.4, 0.5) is 0 Å². The number of hydrogen-bond acceptors (Lipinski definition) is 0. The molecule has 0 bridgehead atoms. The van der Waals surface area contributed by atoms with Crippen molar-refractivity contribution < 1.29 is 0 Å². The maximum atomic E-state index is 3.65. The molecule has 0 nitrogen and oxygen atoms in total. The Labute approximate surface area is 47.0 Å². The van der Waals surface area contributed by atoms with E-state index >= 15 is 0 Å². The summed E-state index contributed by atoms with van der Waals surface area (Å²) in [4.78, 5) is 4.78. The van der Waals surface area contributed by atoms with Gasteiger partial charge in [-0.2, -0.15) is 0 Å². The third-order valence-corrected chi connectivity index (χ3v) is 4.28. The zero-order chi connectivity index (χ0) is 4.99. The molecule has 0 aromatic carbocycles. The summed E-state index contributed by atoms with van der Waals surface area (Å²) in [6.07, 6.45) is 2.04. The minimum absolute atomic E-state index is 0.836. The van der Waals surface area contributed by atoms with E-state index in [0.717, 1.165) is 0 Å². The van der Waals surface area contributed by atoms with Crippen LogP contribution in [-0.4, -0.2) is 19.8 Å². The first-order valence-corrected chi connectivity index (χ1v) is 11.3. The summed E-state index contributed by atoms with van der Waals surface area (Å²) in [6, 6.07) is 0. The number of allylic oxidation sites excluding steroid dienone is 1. The van der Waals surface area contributed by atoms with E-state index in [0.29, 0.717) is 0 Å². The molecule has 0 saturated carbocycles. The normalized spacial score (nSPS) is 9.17. The standard InChI is InChI=1S/C3H5.2CH3.Sn.H/c1-3-2;;;;/h3H,1-2H2;2*1H3;;. The van der Waals surface area contributed by atoms with Crippen molar-refractivity contribution in [2.24, 2.45) is 0 Å². The van der Waals surface area contributed by atoms with Crippen molar-refractivity contribution in [1.82, 2.24) is 0 Å². The quantitative estimate of drug-likeness (QED) is 0.459. The molecule has 36 valence electrons. The molecule has 0 saturated heterocycles. The molecule has 0 heterocycles. The van der Waals surface area contributed by atoms with Crippen molar-refractivity contribution in [3.05, 3.63) is 12.7 Å². The van der Waals surface area contributed by atoms with Gasteiger partial charge in [-0.3, -0.25) is 0 Å². The first-order valence-electron chi connectivity index (χ1n) is 2.38. The fourth-order valence-corrected chi connectivity index (χ4v) is 2.24. The van der Waals surface area contributed by atoms with Crippen molar-refractivity contribution in [2.45, 2.75) is 14.3 Å². The average molecular weight is 191 g/mol. The van der Waals surface area contributed by atoms with E-state index < -0.39 is 19.8 Å². The predicted octanol–water partition coefficient (Wildman–Crippen LogP) is 1.66. The molecule has 0 fully saturated rings. The van der Waals surface area contributed by atoms with E-state index in [1.807, 2.05) is 6.08 Å². The molecule has 0 spiro atoms. The molecule has 0 radical (unpaired) electrons. The van der Waals surface area contributed by atoms with Crippen LogP contribution in [0, 0.1) is 0 Å². The summed E-state index contributed by atoms with van der Waals surface area (Å²) in [5.74, 6) is 0. The fourth-order valence-electron chi connectivity index (χ4n) is 0.333. The molecule has 0 atom stereocenters. The Morgan fingerprint density at radius 1 is 1.67 bits per heavy atom. The summed E-state index contributed by atoms with van der Waals surface area (Å²) < 4.78 is 1.35. The van der Waals surface area contributed by atoms with Crippen LogP contribution in [0.5, 0.6) is 0 Å². The van der Waals surface area contributed by atoms with Gasteiger partial charge in [-0.15, -0.1) is 0 Å². The van der Waals surface area contributed by atoms with E-state index in [1.165, 1.54) is 4.44 Å². The van der Waals surface area contributed by atoms with E-state index in [-0.39, 0.29) is 0 Å². The molecule has 1 heteroatoms. The molecule has 0 aromatic heterocycles. The third kappa shape index (κ3) is 4.54. The maximum absolute atomic E-state index is 3.65. The summed E-state index contributed by atoms with van der Waals surface area (Å²) >= 11 is -0.836. The number of rotatable bonds is 2. The van der Waals surface area contributed by atoms with Gasteiger partial charge in [0.1, 0.15) is 0 Å². The Morgan fingerprint density at radius 3 is 2.17 bits per heavy atom. The van der Waals surface area contributed by atoms with Gasteiger partial charge >= 0.3 is 46.7 Å². The van der Waals surface area contributed by atoms with Gasteiger partial charge < -0.3 is 0 Å². The van der Waals surface area contributed by atoms with E-state index in [2.05, 4.69) is 16.5 Å². The Morgan fingerprint density at radius 2 is 2.17 bits per heavy atom. The van der Waals surface area contributed by atoms with Crippen molar-refractivity contribution in [1.29, 1.82) is 0 Å². The average Bonchev–Trinajstić information content (AvgIpc) is 1.35.